The minimum atomic E-state index is -0.335. The van der Waals surface area contributed by atoms with Gasteiger partial charge in [-0.3, -0.25) is 9.79 Å². The Morgan fingerprint density at radius 3 is 2.71 bits per heavy atom. The summed E-state index contributed by atoms with van der Waals surface area (Å²) in [6.45, 7) is 8.25. The fraction of sp³-hybridized carbons (Fsp3) is 0.333. The molecule has 0 bridgehead atoms. The predicted octanol–water partition coefficient (Wildman–Crippen LogP) is 4.59. The molecule has 3 aromatic rings. The number of nitrogens with two attached hydrogens (primary N) is 1. The summed E-state index contributed by atoms with van der Waals surface area (Å²) in [5.74, 6) is 0.673. The van der Waals surface area contributed by atoms with Crippen molar-refractivity contribution in [2.75, 3.05) is 5.73 Å². The molecule has 0 saturated carbocycles. The Morgan fingerprint density at radius 2 is 2.00 bits per heavy atom. The number of nitrogens with zero attached hydrogens (tertiary/aromatic N) is 4. The fourth-order valence-electron chi connectivity index (χ4n) is 3.56. The topological polar surface area (TPSA) is 85.6 Å². The first-order valence-corrected chi connectivity index (χ1v) is 10.3. The molecule has 0 aliphatic carbocycles. The van der Waals surface area contributed by atoms with Crippen molar-refractivity contribution in [3.8, 4) is 0 Å². The number of aryl methyl sites for hydroxylation is 1. The lowest BCUT2D eigenvalue weighted by Crippen LogP contribution is -2.17. The Kier molecular flexibility index (Phi) is 4.63. The molecule has 144 valence electrons. The van der Waals surface area contributed by atoms with Crippen molar-refractivity contribution in [3.05, 3.63) is 50.3 Å². The maximum absolute atomic E-state index is 12.7. The van der Waals surface area contributed by atoms with Crippen LogP contribution in [0.1, 0.15) is 61.2 Å². The summed E-state index contributed by atoms with van der Waals surface area (Å²) < 4.78 is 1.60. The molecule has 7 heteroatoms. The van der Waals surface area contributed by atoms with E-state index in [4.69, 9.17) is 5.73 Å². The average Bonchev–Trinajstić information content (AvgIpc) is 3.21. The quantitative estimate of drug-likeness (QED) is 0.702. The van der Waals surface area contributed by atoms with Gasteiger partial charge in [-0.1, -0.05) is 36.8 Å². The number of aromatic nitrogens is 3. The van der Waals surface area contributed by atoms with E-state index in [1.165, 1.54) is 11.3 Å². The Morgan fingerprint density at radius 1 is 1.25 bits per heavy atom. The highest BCUT2D eigenvalue weighted by Gasteiger charge is 2.21. The van der Waals surface area contributed by atoms with Crippen LogP contribution >= 0.6 is 11.3 Å². The molecule has 0 amide bonds. The van der Waals surface area contributed by atoms with Crippen molar-refractivity contribution in [1.82, 2.24) is 14.6 Å². The molecule has 0 atom stereocenters. The summed E-state index contributed by atoms with van der Waals surface area (Å²) in [6, 6.07) is 6.11. The maximum Gasteiger partial charge on any atom is 0.283 e. The van der Waals surface area contributed by atoms with Crippen LogP contribution < -0.4 is 11.3 Å². The summed E-state index contributed by atoms with van der Waals surface area (Å²) in [4.78, 5) is 22.1. The van der Waals surface area contributed by atoms with Crippen molar-refractivity contribution in [2.45, 2.75) is 46.5 Å². The van der Waals surface area contributed by atoms with Crippen LogP contribution in [0.2, 0.25) is 0 Å². The number of hydrogen-bond acceptors (Lipinski definition) is 6. The van der Waals surface area contributed by atoms with E-state index in [0.29, 0.717) is 22.3 Å². The van der Waals surface area contributed by atoms with E-state index in [1.54, 1.807) is 10.6 Å². The molecule has 4 rings (SSSR count). The van der Waals surface area contributed by atoms with Gasteiger partial charge in [0.15, 0.2) is 0 Å². The van der Waals surface area contributed by atoms with Crippen molar-refractivity contribution in [3.63, 3.8) is 0 Å². The van der Waals surface area contributed by atoms with Crippen LogP contribution in [0.25, 0.3) is 16.6 Å². The molecule has 1 aliphatic rings. The zero-order chi connectivity index (χ0) is 20.0. The van der Waals surface area contributed by atoms with Gasteiger partial charge in [0.25, 0.3) is 5.56 Å². The molecule has 0 fully saturated rings. The maximum atomic E-state index is 12.7. The Bertz CT molecular complexity index is 1200. The minimum absolute atomic E-state index is 0.324. The lowest BCUT2D eigenvalue weighted by Gasteiger charge is -2.06. The van der Waals surface area contributed by atoms with E-state index in [9.17, 15) is 4.79 Å². The Balaban J connectivity index is 1.89. The molecule has 2 N–H and O–H groups in total. The van der Waals surface area contributed by atoms with Crippen LogP contribution in [-0.2, 0) is 0 Å². The van der Waals surface area contributed by atoms with Crippen LogP contribution in [0.3, 0.4) is 0 Å². The van der Waals surface area contributed by atoms with E-state index >= 15 is 0 Å². The van der Waals surface area contributed by atoms with E-state index in [-0.39, 0.29) is 5.56 Å². The molecule has 0 saturated heterocycles. The van der Waals surface area contributed by atoms with Crippen molar-refractivity contribution < 1.29 is 0 Å². The highest BCUT2D eigenvalue weighted by atomic mass is 32.1. The number of fused-ring (bicyclic) bond motifs is 2. The largest absolute Gasteiger partial charge is 0.383 e. The van der Waals surface area contributed by atoms with Crippen LogP contribution in [0, 0.1) is 6.92 Å². The lowest BCUT2D eigenvalue weighted by atomic mass is 9.99. The van der Waals surface area contributed by atoms with E-state index in [2.05, 4.69) is 35.0 Å². The third-order valence-corrected chi connectivity index (χ3v) is 6.32. The zero-order valence-electron chi connectivity index (χ0n) is 16.5. The van der Waals surface area contributed by atoms with Gasteiger partial charge in [-0.25, -0.2) is 0 Å². The minimum Gasteiger partial charge on any atom is -0.383 e. The first-order chi connectivity index (χ1) is 13.4. The molecule has 2 aromatic heterocycles. The van der Waals surface area contributed by atoms with Crippen molar-refractivity contribution in [1.29, 1.82) is 0 Å². The molecule has 6 nitrogen and oxygen atoms in total. The Labute approximate surface area is 167 Å². The number of aliphatic imine (C=N–C) groups is 1. The van der Waals surface area contributed by atoms with Gasteiger partial charge in [0, 0.05) is 22.8 Å². The fourth-order valence-corrected chi connectivity index (χ4v) is 4.72. The van der Waals surface area contributed by atoms with Crippen LogP contribution in [0.5, 0.6) is 0 Å². The number of anilines is 1. The second-order valence-corrected chi connectivity index (χ2v) is 8.13. The van der Waals surface area contributed by atoms with Crippen LogP contribution in [0.15, 0.2) is 28.0 Å². The van der Waals surface area contributed by atoms with E-state index < -0.39 is 0 Å². The van der Waals surface area contributed by atoms with Gasteiger partial charge in [-0.05, 0) is 44.9 Å². The highest BCUT2D eigenvalue weighted by Crippen LogP contribution is 2.37. The van der Waals surface area contributed by atoms with Crippen LogP contribution in [-0.4, -0.2) is 20.3 Å². The third kappa shape index (κ3) is 2.96. The second kappa shape index (κ2) is 6.98. The molecule has 0 spiro atoms. The summed E-state index contributed by atoms with van der Waals surface area (Å²) in [7, 11) is 0. The summed E-state index contributed by atoms with van der Waals surface area (Å²) >= 11 is 1.44. The molecule has 1 aromatic carbocycles. The smallest absolute Gasteiger partial charge is 0.283 e. The Hall–Kier alpha value is -2.80. The van der Waals surface area contributed by atoms with Gasteiger partial charge < -0.3 is 5.73 Å². The SMILES string of the molecule is CCC(CC)c1nn2c(N)c(C=C3C(C)=Nc4ccc(C)cc43)c(=O)nc2s1. The van der Waals surface area contributed by atoms with Gasteiger partial charge in [0.2, 0.25) is 4.96 Å². The summed E-state index contributed by atoms with van der Waals surface area (Å²) in [5, 5.41) is 5.62. The number of rotatable bonds is 4. The molecule has 3 heterocycles. The number of hydrogen-bond donors (Lipinski definition) is 1. The molecule has 1 aliphatic heterocycles. The second-order valence-electron chi connectivity index (χ2n) is 7.14. The monoisotopic (exact) mass is 393 g/mol. The zero-order valence-corrected chi connectivity index (χ0v) is 17.3. The third-order valence-electron chi connectivity index (χ3n) is 5.25. The molecule has 0 unspecified atom stereocenters. The average molecular weight is 394 g/mol. The summed E-state index contributed by atoms with van der Waals surface area (Å²) in [6.07, 6.45) is 3.78. The van der Waals surface area contributed by atoms with E-state index in [1.807, 2.05) is 26.0 Å². The van der Waals surface area contributed by atoms with E-state index in [0.717, 1.165) is 45.9 Å². The predicted molar refractivity (Wildman–Crippen MR) is 117 cm³/mol. The molecule has 0 radical (unpaired) electrons. The summed E-state index contributed by atoms with van der Waals surface area (Å²) in [5.41, 5.74) is 11.2. The van der Waals surface area contributed by atoms with Gasteiger partial charge in [0.05, 0.1) is 11.3 Å². The molecule has 28 heavy (non-hydrogen) atoms. The van der Waals surface area contributed by atoms with Gasteiger partial charge >= 0.3 is 0 Å². The van der Waals surface area contributed by atoms with Gasteiger partial charge in [-0.2, -0.15) is 14.6 Å². The first kappa shape index (κ1) is 18.6. The van der Waals surface area contributed by atoms with Crippen LogP contribution in [0.4, 0.5) is 11.5 Å². The lowest BCUT2D eigenvalue weighted by molar-refractivity contribution is 0.626. The standard InChI is InChI=1S/C21H23N5OS/c1-5-13(6-2)20-25-26-18(22)16(19(27)24-21(26)28-20)10-14-12(4)23-17-8-7-11(3)9-15(14)17/h7-10,13H,5-6,22H2,1-4H3. The number of benzene rings is 1. The van der Waals surface area contributed by atoms with Crippen molar-refractivity contribution in [2.24, 2.45) is 4.99 Å². The van der Waals surface area contributed by atoms with Gasteiger partial charge in [0.1, 0.15) is 10.8 Å². The number of allylic oxidation sites excluding steroid dienone is 1. The normalized spacial score (nSPS) is 14.9. The molecular formula is C21H23N5OS. The molecular weight excluding hydrogens is 370 g/mol. The number of nitrogen functional groups attached to an aromatic ring is 1. The van der Waals surface area contributed by atoms with Gasteiger partial charge in [-0.15, -0.1) is 0 Å². The first-order valence-electron chi connectivity index (χ1n) is 9.50. The highest BCUT2D eigenvalue weighted by molar-refractivity contribution is 7.16. The van der Waals surface area contributed by atoms with Crippen molar-refractivity contribution >= 4 is 45.2 Å².